The second-order valence-electron chi connectivity index (χ2n) is 4.20. The van der Waals surface area contributed by atoms with Crippen LogP contribution in [0.25, 0.3) is 0 Å². The first-order valence-corrected chi connectivity index (χ1v) is 5.40. The molecule has 1 heterocycles. The first kappa shape index (κ1) is 8.75. The summed E-state index contributed by atoms with van der Waals surface area (Å²) >= 11 is 0. The highest BCUT2D eigenvalue weighted by Crippen LogP contribution is 2.37. The van der Waals surface area contributed by atoms with Gasteiger partial charge in [-0.3, -0.25) is 5.32 Å². The van der Waals surface area contributed by atoms with Crippen molar-refractivity contribution in [2.45, 2.75) is 18.9 Å². The van der Waals surface area contributed by atoms with Crippen molar-refractivity contribution in [2.24, 2.45) is 5.92 Å². The van der Waals surface area contributed by atoms with Crippen LogP contribution in [-0.2, 0) is 0 Å². The third-order valence-corrected chi connectivity index (χ3v) is 3.46. The number of nitrogens with zero attached hydrogens (tertiary/aromatic N) is 1. The van der Waals surface area contributed by atoms with Crippen molar-refractivity contribution in [3.63, 3.8) is 0 Å². The van der Waals surface area contributed by atoms with Gasteiger partial charge in [0.15, 0.2) is 0 Å². The van der Waals surface area contributed by atoms with E-state index in [1.807, 2.05) is 12.2 Å². The average Bonchev–Trinajstić information content (AvgIpc) is 2.76. The molecular formula is C12H13N3. The Balaban J connectivity index is 2.06. The predicted octanol–water partition coefficient (Wildman–Crippen LogP) is 1.19. The van der Waals surface area contributed by atoms with Crippen LogP contribution in [0.5, 0.6) is 0 Å². The zero-order valence-electron chi connectivity index (χ0n) is 8.46. The van der Waals surface area contributed by atoms with Crippen LogP contribution in [0.4, 0.5) is 0 Å². The highest BCUT2D eigenvalue weighted by atomic mass is 15.2. The number of nitrogens with one attached hydrogen (secondary N) is 2. The van der Waals surface area contributed by atoms with Crippen molar-refractivity contribution in [3.05, 3.63) is 35.1 Å². The van der Waals surface area contributed by atoms with Crippen molar-refractivity contribution in [1.82, 2.24) is 10.6 Å². The van der Waals surface area contributed by atoms with Crippen LogP contribution in [0.3, 0.4) is 0 Å². The van der Waals surface area contributed by atoms with Crippen molar-refractivity contribution in [1.29, 1.82) is 5.26 Å². The highest BCUT2D eigenvalue weighted by Gasteiger charge is 2.33. The molecule has 0 amide bonds. The predicted molar refractivity (Wildman–Crippen MR) is 57.5 cm³/mol. The minimum atomic E-state index is 0.332. The molecule has 0 radical (unpaired) electrons. The van der Waals surface area contributed by atoms with Crippen LogP contribution >= 0.6 is 0 Å². The Morgan fingerprint density at radius 1 is 1.40 bits per heavy atom. The Bertz CT molecular complexity index is 423. The summed E-state index contributed by atoms with van der Waals surface area (Å²) in [5, 5.41) is 15.9. The number of hydrogen-bond acceptors (Lipinski definition) is 3. The standard InChI is InChI=1S/C12H13N3/c13-6-8-2-1-3-10-9(8)4-5-11-12(10)15-7-14-11/h1-3,9,11,14-15H,4-5,7H2. The van der Waals surface area contributed by atoms with Gasteiger partial charge in [0, 0.05) is 23.2 Å². The second-order valence-corrected chi connectivity index (χ2v) is 4.20. The van der Waals surface area contributed by atoms with E-state index in [9.17, 15) is 0 Å². The minimum Gasteiger partial charge on any atom is -0.374 e. The summed E-state index contributed by atoms with van der Waals surface area (Å²) in [5.74, 6) is 0.332. The fourth-order valence-electron chi connectivity index (χ4n) is 2.74. The lowest BCUT2D eigenvalue weighted by Crippen LogP contribution is -2.30. The maximum absolute atomic E-state index is 9.06. The summed E-state index contributed by atoms with van der Waals surface area (Å²) < 4.78 is 0. The van der Waals surface area contributed by atoms with Gasteiger partial charge in [-0.05, 0) is 24.5 Å². The van der Waals surface area contributed by atoms with Gasteiger partial charge in [0.1, 0.15) is 0 Å². The van der Waals surface area contributed by atoms with Gasteiger partial charge in [-0.1, -0.05) is 12.2 Å². The Morgan fingerprint density at radius 2 is 2.33 bits per heavy atom. The average molecular weight is 199 g/mol. The molecule has 1 aliphatic heterocycles. The molecule has 3 nitrogen and oxygen atoms in total. The van der Waals surface area contributed by atoms with E-state index in [0.717, 1.165) is 25.1 Å². The maximum Gasteiger partial charge on any atom is 0.0953 e. The van der Waals surface area contributed by atoms with Gasteiger partial charge in [-0.25, -0.2) is 0 Å². The van der Waals surface area contributed by atoms with Crippen molar-refractivity contribution < 1.29 is 0 Å². The number of hydrogen-bond donors (Lipinski definition) is 2. The van der Waals surface area contributed by atoms with Crippen LogP contribution in [0, 0.1) is 17.2 Å². The number of allylic oxidation sites excluding steroid dienone is 5. The maximum atomic E-state index is 9.06. The van der Waals surface area contributed by atoms with E-state index < -0.39 is 0 Å². The zero-order chi connectivity index (χ0) is 10.3. The molecule has 2 N–H and O–H groups in total. The lowest BCUT2D eigenvalue weighted by atomic mass is 9.77. The molecule has 15 heavy (non-hydrogen) atoms. The van der Waals surface area contributed by atoms with E-state index in [1.54, 1.807) is 0 Å². The quantitative estimate of drug-likeness (QED) is 0.616. The van der Waals surface area contributed by atoms with E-state index >= 15 is 0 Å². The van der Waals surface area contributed by atoms with Gasteiger partial charge in [0.25, 0.3) is 0 Å². The lowest BCUT2D eigenvalue weighted by molar-refractivity contribution is 0.500. The van der Waals surface area contributed by atoms with E-state index in [1.165, 1.54) is 11.3 Å². The minimum absolute atomic E-state index is 0.332. The van der Waals surface area contributed by atoms with Gasteiger partial charge >= 0.3 is 0 Å². The normalized spacial score (nSPS) is 32.6. The zero-order valence-corrected chi connectivity index (χ0v) is 8.46. The molecule has 0 saturated carbocycles. The van der Waals surface area contributed by atoms with Gasteiger partial charge in [0.05, 0.1) is 12.7 Å². The Hall–Kier alpha value is -1.53. The SMILES string of the molecule is N#CC1=CC=CC2=C3NCNC3CCC12. The fourth-order valence-corrected chi connectivity index (χ4v) is 2.74. The molecule has 0 aromatic rings. The van der Waals surface area contributed by atoms with Gasteiger partial charge in [0.2, 0.25) is 0 Å². The van der Waals surface area contributed by atoms with Crippen LogP contribution in [-0.4, -0.2) is 12.7 Å². The molecule has 76 valence electrons. The van der Waals surface area contributed by atoms with Gasteiger partial charge in [-0.2, -0.15) is 5.26 Å². The van der Waals surface area contributed by atoms with E-state index in [0.29, 0.717) is 12.0 Å². The Morgan fingerprint density at radius 3 is 3.20 bits per heavy atom. The second kappa shape index (κ2) is 3.25. The van der Waals surface area contributed by atoms with E-state index in [-0.39, 0.29) is 0 Å². The van der Waals surface area contributed by atoms with Crippen LogP contribution in [0.2, 0.25) is 0 Å². The largest absolute Gasteiger partial charge is 0.374 e. The summed E-state index contributed by atoms with van der Waals surface area (Å²) in [4.78, 5) is 0. The van der Waals surface area contributed by atoms with Gasteiger partial charge in [-0.15, -0.1) is 0 Å². The van der Waals surface area contributed by atoms with Crippen molar-refractivity contribution >= 4 is 0 Å². The molecule has 3 aliphatic rings. The molecule has 0 aromatic carbocycles. The lowest BCUT2D eigenvalue weighted by Gasteiger charge is -2.29. The number of rotatable bonds is 0. The van der Waals surface area contributed by atoms with Crippen LogP contribution in [0.15, 0.2) is 35.1 Å². The highest BCUT2D eigenvalue weighted by molar-refractivity contribution is 5.48. The molecule has 2 unspecified atom stereocenters. The molecule has 3 rings (SSSR count). The molecule has 0 bridgehead atoms. The summed E-state index contributed by atoms with van der Waals surface area (Å²) in [6.45, 7) is 0.857. The fraction of sp³-hybridized carbons (Fsp3) is 0.417. The molecule has 1 fully saturated rings. The summed E-state index contributed by atoms with van der Waals surface area (Å²) in [6.07, 6.45) is 8.29. The molecular weight excluding hydrogens is 186 g/mol. The summed E-state index contributed by atoms with van der Waals surface area (Å²) in [5.41, 5.74) is 3.53. The molecule has 0 aromatic heterocycles. The Kier molecular flexibility index (Phi) is 1.90. The Labute approximate surface area is 89.2 Å². The molecule has 2 atom stereocenters. The summed E-state index contributed by atoms with van der Waals surface area (Å²) in [6, 6.07) is 2.80. The third kappa shape index (κ3) is 1.22. The first-order chi connectivity index (χ1) is 7.40. The van der Waals surface area contributed by atoms with E-state index in [2.05, 4.69) is 22.8 Å². The number of fused-ring (bicyclic) bond motifs is 2. The van der Waals surface area contributed by atoms with Gasteiger partial charge < -0.3 is 5.32 Å². The van der Waals surface area contributed by atoms with Crippen LogP contribution < -0.4 is 10.6 Å². The third-order valence-electron chi connectivity index (χ3n) is 3.46. The summed E-state index contributed by atoms with van der Waals surface area (Å²) in [7, 11) is 0. The van der Waals surface area contributed by atoms with Crippen LogP contribution in [0.1, 0.15) is 12.8 Å². The van der Waals surface area contributed by atoms with E-state index in [4.69, 9.17) is 5.26 Å². The molecule has 3 heteroatoms. The van der Waals surface area contributed by atoms with Crippen molar-refractivity contribution in [2.75, 3.05) is 6.67 Å². The first-order valence-electron chi connectivity index (χ1n) is 5.40. The number of nitriles is 1. The smallest absolute Gasteiger partial charge is 0.0953 e. The van der Waals surface area contributed by atoms with Crippen molar-refractivity contribution in [3.8, 4) is 6.07 Å². The topological polar surface area (TPSA) is 47.9 Å². The molecule has 0 spiro atoms. The molecule has 2 aliphatic carbocycles. The monoisotopic (exact) mass is 199 g/mol. The molecule has 1 saturated heterocycles.